The molecular formula is C39H83N3O6S. The quantitative estimate of drug-likeness (QED) is 0.0807. The van der Waals surface area contributed by atoms with Gasteiger partial charge in [-0.15, -0.1) is 0 Å². The molecule has 0 spiro atoms. The molecule has 0 bridgehead atoms. The van der Waals surface area contributed by atoms with Crippen LogP contribution >= 0.6 is 12.6 Å². The SMILES string of the molecule is C=C(C1CCC(CC(C)C(C)CCC2CCC(C(=O)N(CCO)CCO)CC2)CC1)N(CCN)CCO.CC.CCCO.CCCO.CS. The molecular weight excluding hydrogens is 639 g/mol. The van der Waals surface area contributed by atoms with Crippen LogP contribution < -0.4 is 5.73 Å². The minimum absolute atomic E-state index is 0.0497. The van der Waals surface area contributed by atoms with Crippen LogP contribution in [0, 0.1) is 35.5 Å². The summed E-state index contributed by atoms with van der Waals surface area (Å²) in [5, 5.41) is 43.6. The summed E-state index contributed by atoms with van der Waals surface area (Å²) in [5.41, 5.74) is 6.93. The fraction of sp³-hybridized carbons (Fsp3) is 0.923. The number of allylic oxidation sites excluding steroid dienone is 1. The third-order valence-electron chi connectivity index (χ3n) is 9.89. The molecule has 1 amide bonds. The molecule has 2 aliphatic rings. The molecule has 2 rings (SSSR count). The molecule has 10 heteroatoms. The van der Waals surface area contributed by atoms with Crippen molar-refractivity contribution in [2.75, 3.05) is 72.0 Å². The highest BCUT2D eigenvalue weighted by Gasteiger charge is 2.30. The molecule has 0 aliphatic heterocycles. The molecule has 0 aromatic heterocycles. The van der Waals surface area contributed by atoms with Crippen molar-refractivity contribution in [1.82, 2.24) is 9.80 Å². The highest BCUT2D eigenvalue weighted by Crippen LogP contribution is 2.39. The Morgan fingerprint density at radius 1 is 0.694 bits per heavy atom. The van der Waals surface area contributed by atoms with Crippen molar-refractivity contribution in [3.8, 4) is 0 Å². The standard InChI is InChI=1S/C30H57N3O4.2C3H8O.C2H6.CH4S/c1-23(4-5-26-6-12-29(13-7-26)30(37)33(17-20-35)18-21-36)24(2)22-27-8-10-28(11-9-27)25(3)32(15-14-31)16-19-34;2*1-2-3-4;2*1-2/h23-24,26-29,34-36H,3-22,31H2,1-2H3;2*4H,2-3H2,1H3;1-2H3;2H,1H3. The van der Waals surface area contributed by atoms with Crippen molar-refractivity contribution < 1.29 is 30.3 Å². The topological polar surface area (TPSA) is 151 Å². The van der Waals surface area contributed by atoms with E-state index in [-0.39, 0.29) is 31.6 Å². The lowest BCUT2D eigenvalue weighted by atomic mass is 9.73. The number of hydrogen-bond acceptors (Lipinski definition) is 9. The molecule has 2 atom stereocenters. The van der Waals surface area contributed by atoms with Gasteiger partial charge in [0, 0.05) is 57.6 Å². The van der Waals surface area contributed by atoms with E-state index in [4.69, 9.17) is 15.9 Å². The Morgan fingerprint density at radius 3 is 1.51 bits per heavy atom. The third-order valence-corrected chi connectivity index (χ3v) is 9.89. The number of aliphatic hydroxyl groups is 5. The van der Waals surface area contributed by atoms with E-state index in [9.17, 15) is 20.1 Å². The smallest absolute Gasteiger partial charge is 0.225 e. The fourth-order valence-corrected chi connectivity index (χ4v) is 6.74. The summed E-state index contributed by atoms with van der Waals surface area (Å²) in [4.78, 5) is 16.6. The van der Waals surface area contributed by atoms with E-state index in [1.54, 1.807) is 11.2 Å². The van der Waals surface area contributed by atoms with E-state index in [2.05, 4.69) is 38.0 Å². The zero-order valence-corrected chi connectivity index (χ0v) is 33.9. The van der Waals surface area contributed by atoms with Crippen LogP contribution in [0.2, 0.25) is 0 Å². The Hall–Kier alpha value is -0.880. The van der Waals surface area contributed by atoms with Crippen molar-refractivity contribution in [2.24, 2.45) is 41.2 Å². The number of amides is 1. The average molecular weight is 722 g/mol. The number of thiol groups is 1. The second-order valence-electron chi connectivity index (χ2n) is 13.4. The predicted octanol–water partition coefficient (Wildman–Crippen LogP) is 5.97. The van der Waals surface area contributed by atoms with Crippen molar-refractivity contribution in [2.45, 2.75) is 125 Å². The predicted molar refractivity (Wildman–Crippen MR) is 212 cm³/mol. The zero-order valence-electron chi connectivity index (χ0n) is 33.0. The summed E-state index contributed by atoms with van der Waals surface area (Å²) in [6, 6.07) is 0. The third kappa shape index (κ3) is 24.9. The van der Waals surface area contributed by atoms with Crippen molar-refractivity contribution in [3.63, 3.8) is 0 Å². The Labute approximate surface area is 308 Å². The zero-order chi connectivity index (χ0) is 38.0. The van der Waals surface area contributed by atoms with Crippen LogP contribution in [0.3, 0.4) is 0 Å². The number of nitrogens with zero attached hydrogens (tertiary/aromatic N) is 2. The van der Waals surface area contributed by atoms with Crippen molar-refractivity contribution in [3.05, 3.63) is 12.3 Å². The van der Waals surface area contributed by atoms with Crippen LogP contribution in [-0.2, 0) is 4.79 Å². The van der Waals surface area contributed by atoms with Gasteiger partial charge in [-0.25, -0.2) is 0 Å². The van der Waals surface area contributed by atoms with E-state index in [0.29, 0.717) is 45.3 Å². The van der Waals surface area contributed by atoms with Crippen LogP contribution in [0.5, 0.6) is 0 Å². The maximum atomic E-state index is 12.8. The van der Waals surface area contributed by atoms with E-state index >= 15 is 0 Å². The summed E-state index contributed by atoms with van der Waals surface area (Å²) >= 11 is 3.53. The van der Waals surface area contributed by atoms with Gasteiger partial charge in [-0.2, -0.15) is 12.6 Å². The van der Waals surface area contributed by atoms with Gasteiger partial charge in [-0.3, -0.25) is 4.79 Å². The molecule has 0 aromatic rings. The van der Waals surface area contributed by atoms with Gasteiger partial charge in [-0.1, -0.05) is 61.0 Å². The maximum absolute atomic E-state index is 12.8. The minimum Gasteiger partial charge on any atom is -0.396 e. The van der Waals surface area contributed by atoms with Gasteiger partial charge in [0.1, 0.15) is 0 Å². The number of hydrogen-bond donors (Lipinski definition) is 7. The van der Waals surface area contributed by atoms with Gasteiger partial charge in [0.15, 0.2) is 0 Å². The van der Waals surface area contributed by atoms with Crippen LogP contribution in [0.25, 0.3) is 0 Å². The van der Waals surface area contributed by atoms with E-state index < -0.39 is 0 Å². The van der Waals surface area contributed by atoms with Crippen LogP contribution in [0.4, 0.5) is 0 Å². The molecule has 2 saturated carbocycles. The van der Waals surface area contributed by atoms with Gasteiger partial charge in [-0.05, 0) is 106 Å². The van der Waals surface area contributed by atoms with E-state index in [1.807, 2.05) is 27.7 Å². The first kappa shape index (κ1) is 52.5. The summed E-state index contributed by atoms with van der Waals surface area (Å²) in [7, 11) is 0. The number of carbonyl (C=O) groups excluding carboxylic acids is 1. The number of aliphatic hydroxyl groups excluding tert-OH is 5. The monoisotopic (exact) mass is 722 g/mol. The van der Waals surface area contributed by atoms with Gasteiger partial charge in [0.05, 0.1) is 19.8 Å². The molecule has 9 nitrogen and oxygen atoms in total. The molecule has 2 fully saturated rings. The Morgan fingerprint density at radius 2 is 1.10 bits per heavy atom. The van der Waals surface area contributed by atoms with Gasteiger partial charge >= 0.3 is 0 Å². The van der Waals surface area contributed by atoms with Crippen LogP contribution in [0.15, 0.2) is 12.3 Å². The van der Waals surface area contributed by atoms with Crippen molar-refractivity contribution in [1.29, 1.82) is 0 Å². The van der Waals surface area contributed by atoms with Crippen LogP contribution in [0.1, 0.15) is 125 Å². The van der Waals surface area contributed by atoms with E-state index in [0.717, 1.165) is 68.7 Å². The summed E-state index contributed by atoms with van der Waals surface area (Å²) in [6.07, 6.45) is 16.4. The molecule has 0 heterocycles. The summed E-state index contributed by atoms with van der Waals surface area (Å²) in [6.45, 7) is 20.4. The number of rotatable bonds is 19. The largest absolute Gasteiger partial charge is 0.396 e. The maximum Gasteiger partial charge on any atom is 0.225 e. The first-order chi connectivity index (χ1) is 23.7. The minimum atomic E-state index is -0.0497. The lowest BCUT2D eigenvalue weighted by Crippen LogP contribution is -2.41. The van der Waals surface area contributed by atoms with Gasteiger partial charge in [0.2, 0.25) is 5.91 Å². The normalized spacial score (nSPS) is 21.0. The summed E-state index contributed by atoms with van der Waals surface area (Å²) < 4.78 is 0. The first-order valence-corrected chi connectivity index (χ1v) is 20.5. The molecule has 7 N–H and O–H groups in total. The second-order valence-corrected chi connectivity index (χ2v) is 13.4. The Kier molecular flexibility index (Phi) is 39.5. The Balaban J connectivity index is -0.00000154. The highest BCUT2D eigenvalue weighted by molar-refractivity contribution is 7.79. The molecule has 49 heavy (non-hydrogen) atoms. The molecule has 0 aromatic carbocycles. The Bertz CT molecular complexity index is 699. The molecule has 2 unspecified atom stereocenters. The fourth-order valence-electron chi connectivity index (χ4n) is 6.74. The average Bonchev–Trinajstić information content (AvgIpc) is 3.15. The molecule has 2 aliphatic carbocycles. The van der Waals surface area contributed by atoms with Gasteiger partial charge in [0.25, 0.3) is 0 Å². The first-order valence-electron chi connectivity index (χ1n) is 19.6. The molecule has 0 saturated heterocycles. The second kappa shape index (κ2) is 36.9. The van der Waals surface area contributed by atoms with Gasteiger partial charge < -0.3 is 41.1 Å². The highest BCUT2D eigenvalue weighted by atomic mass is 32.1. The van der Waals surface area contributed by atoms with Crippen molar-refractivity contribution >= 4 is 18.5 Å². The number of carbonyl (C=O) groups is 1. The van der Waals surface area contributed by atoms with Crippen LogP contribution in [-0.4, -0.2) is 113 Å². The molecule has 0 radical (unpaired) electrons. The summed E-state index contributed by atoms with van der Waals surface area (Å²) in [5.74, 6) is 3.69. The lowest BCUT2D eigenvalue weighted by Gasteiger charge is -2.37. The lowest BCUT2D eigenvalue weighted by molar-refractivity contribution is -0.138. The number of nitrogens with two attached hydrogens (primary N) is 1. The molecule has 296 valence electrons. The van der Waals surface area contributed by atoms with E-state index in [1.165, 1.54) is 50.6 Å².